The van der Waals surface area contributed by atoms with Crippen molar-refractivity contribution >= 4 is 11.5 Å². The fourth-order valence-corrected chi connectivity index (χ4v) is 2.51. The summed E-state index contributed by atoms with van der Waals surface area (Å²) in [4.78, 5) is 16.5. The minimum atomic E-state index is -0.548. The molecule has 0 aromatic carbocycles. The van der Waals surface area contributed by atoms with E-state index >= 15 is 0 Å². The van der Waals surface area contributed by atoms with Crippen molar-refractivity contribution in [2.24, 2.45) is 0 Å². The van der Waals surface area contributed by atoms with Gasteiger partial charge in [-0.25, -0.2) is 4.98 Å². The molecule has 1 aliphatic heterocycles. The number of nitrogens with one attached hydrogen (secondary N) is 1. The van der Waals surface area contributed by atoms with Gasteiger partial charge in [0, 0.05) is 18.7 Å². The van der Waals surface area contributed by atoms with Gasteiger partial charge < -0.3 is 5.32 Å². The minimum absolute atomic E-state index is 0.166. The zero-order chi connectivity index (χ0) is 15.2. The van der Waals surface area contributed by atoms with Gasteiger partial charge in [-0.05, 0) is 32.9 Å². The molecule has 0 aliphatic carbocycles. The molecule has 1 aliphatic rings. The van der Waals surface area contributed by atoms with Gasteiger partial charge in [0.15, 0.2) is 0 Å². The lowest BCUT2D eigenvalue weighted by Crippen LogP contribution is -2.41. The number of aromatic nitrogens is 1. The van der Waals surface area contributed by atoms with E-state index in [0.29, 0.717) is 18.4 Å². The van der Waals surface area contributed by atoms with Gasteiger partial charge in [0.05, 0.1) is 4.92 Å². The maximum Gasteiger partial charge on any atom is 0.289 e. The molecule has 2 rings (SSSR count). The average Bonchev–Trinajstić information content (AvgIpc) is 2.53. The molecule has 21 heavy (non-hydrogen) atoms. The fourth-order valence-electron chi connectivity index (χ4n) is 2.51. The van der Waals surface area contributed by atoms with Crippen molar-refractivity contribution < 1.29 is 4.92 Å². The molecule has 0 bridgehead atoms. The van der Waals surface area contributed by atoms with Crippen LogP contribution in [0.5, 0.6) is 0 Å². The lowest BCUT2D eigenvalue weighted by Gasteiger charge is -2.32. The molecule has 0 spiro atoms. The predicted octanol–water partition coefficient (Wildman–Crippen LogP) is 2.15. The number of nitro groups is 1. The van der Waals surface area contributed by atoms with Crippen molar-refractivity contribution in [3.05, 3.63) is 27.9 Å². The first kappa shape index (κ1) is 15.2. The number of hydrogen-bond acceptors (Lipinski definition) is 6. The summed E-state index contributed by atoms with van der Waals surface area (Å²) in [5, 5.41) is 22.9. The van der Waals surface area contributed by atoms with E-state index in [9.17, 15) is 10.1 Å². The number of hydrogen-bond donors (Lipinski definition) is 1. The Balaban J connectivity index is 1.99. The molecule has 1 aromatic heterocycles. The van der Waals surface area contributed by atoms with Crippen LogP contribution in [0.3, 0.4) is 0 Å². The van der Waals surface area contributed by atoms with Crippen molar-refractivity contribution in [3.63, 3.8) is 0 Å². The maximum absolute atomic E-state index is 10.7. The molecule has 7 heteroatoms. The summed E-state index contributed by atoms with van der Waals surface area (Å²) in [7, 11) is 0. The number of nitrogens with zero attached hydrogens (tertiary/aromatic N) is 4. The highest BCUT2D eigenvalue weighted by Crippen LogP contribution is 2.19. The second-order valence-electron chi connectivity index (χ2n) is 5.29. The summed E-state index contributed by atoms with van der Waals surface area (Å²) in [6, 6.07) is 3.54. The third-order valence-electron chi connectivity index (χ3n) is 3.78. The van der Waals surface area contributed by atoms with Crippen LogP contribution in [0, 0.1) is 21.4 Å². The van der Waals surface area contributed by atoms with Gasteiger partial charge >= 0.3 is 0 Å². The molecule has 1 atom stereocenters. The van der Waals surface area contributed by atoms with Gasteiger partial charge in [0.25, 0.3) is 5.69 Å². The molecule has 1 N–H and O–H groups in total. The highest BCUT2D eigenvalue weighted by molar-refractivity contribution is 5.55. The van der Waals surface area contributed by atoms with Crippen molar-refractivity contribution in [1.29, 1.82) is 5.26 Å². The topological polar surface area (TPSA) is 95.1 Å². The molecule has 1 saturated heterocycles. The maximum atomic E-state index is 10.7. The lowest BCUT2D eigenvalue weighted by molar-refractivity contribution is -0.385. The van der Waals surface area contributed by atoms with Crippen LogP contribution in [0.15, 0.2) is 12.3 Å². The van der Waals surface area contributed by atoms with Gasteiger partial charge in [-0.3, -0.25) is 15.0 Å². The molecule has 1 aromatic rings. The fraction of sp³-hybridized carbons (Fsp3) is 0.571. The van der Waals surface area contributed by atoms with E-state index in [4.69, 9.17) is 5.26 Å². The van der Waals surface area contributed by atoms with E-state index in [2.05, 4.69) is 22.1 Å². The number of likely N-dealkylation sites (tertiary alicyclic amines) is 1. The molecule has 0 amide bonds. The van der Waals surface area contributed by atoms with E-state index in [1.54, 1.807) is 0 Å². The third kappa shape index (κ3) is 3.89. The second kappa shape index (κ2) is 6.99. The summed E-state index contributed by atoms with van der Waals surface area (Å²) in [6.07, 6.45) is 4.92. The van der Waals surface area contributed by atoms with Crippen molar-refractivity contribution in [1.82, 2.24) is 9.88 Å². The minimum Gasteiger partial charge on any atom is -0.367 e. The highest BCUT2D eigenvalue weighted by Gasteiger charge is 2.17. The number of nitriles is 1. The zero-order valence-electron chi connectivity index (χ0n) is 12.1. The number of rotatable bonds is 5. The Morgan fingerprint density at radius 3 is 2.86 bits per heavy atom. The van der Waals surface area contributed by atoms with Gasteiger partial charge in [-0.15, -0.1) is 0 Å². The van der Waals surface area contributed by atoms with Crippen LogP contribution >= 0.6 is 0 Å². The average molecular weight is 289 g/mol. The Hall–Kier alpha value is -2.20. The first-order chi connectivity index (χ1) is 10.1. The predicted molar refractivity (Wildman–Crippen MR) is 79.0 cm³/mol. The summed E-state index contributed by atoms with van der Waals surface area (Å²) >= 11 is 0. The van der Waals surface area contributed by atoms with Crippen molar-refractivity contribution in [2.75, 3.05) is 25.0 Å². The van der Waals surface area contributed by atoms with Crippen LogP contribution in [0.2, 0.25) is 0 Å². The Morgan fingerprint density at radius 2 is 2.24 bits per heavy atom. The number of anilines is 1. The zero-order valence-corrected chi connectivity index (χ0v) is 12.1. The lowest BCUT2D eigenvalue weighted by atomic mass is 10.1. The van der Waals surface area contributed by atoms with Gasteiger partial charge in [0.2, 0.25) is 0 Å². The van der Waals surface area contributed by atoms with E-state index in [1.807, 2.05) is 6.07 Å². The van der Waals surface area contributed by atoms with Crippen molar-refractivity contribution in [3.8, 4) is 6.07 Å². The Bertz CT molecular complexity index is 549. The summed E-state index contributed by atoms with van der Waals surface area (Å²) < 4.78 is 0. The van der Waals surface area contributed by atoms with Crippen molar-refractivity contribution in [2.45, 2.75) is 32.2 Å². The third-order valence-corrected chi connectivity index (χ3v) is 3.78. The summed E-state index contributed by atoms with van der Waals surface area (Å²) in [5.41, 5.74) is 0.0382. The molecule has 2 heterocycles. The summed E-state index contributed by atoms with van der Waals surface area (Å²) in [5.74, 6) is 0.409. The molecular weight excluding hydrogens is 270 g/mol. The molecular formula is C14H19N5O2. The van der Waals surface area contributed by atoms with Crippen LogP contribution < -0.4 is 5.32 Å². The van der Waals surface area contributed by atoms with E-state index in [0.717, 1.165) is 13.1 Å². The van der Waals surface area contributed by atoms with Crippen LogP contribution in [-0.2, 0) is 0 Å². The van der Waals surface area contributed by atoms with E-state index in [1.165, 1.54) is 31.5 Å². The monoisotopic (exact) mass is 289 g/mol. The summed E-state index contributed by atoms with van der Waals surface area (Å²) in [6.45, 7) is 5.00. The number of piperidine rings is 1. The quantitative estimate of drug-likeness (QED) is 0.659. The van der Waals surface area contributed by atoms with Crippen LogP contribution in [0.1, 0.15) is 31.7 Å². The molecule has 1 unspecified atom stereocenters. The Morgan fingerprint density at radius 1 is 1.52 bits per heavy atom. The van der Waals surface area contributed by atoms with Gasteiger partial charge in [-0.1, -0.05) is 6.42 Å². The SMILES string of the molecule is CC(CNc1ncc([N+](=O)[O-])cc1C#N)N1CCCCC1. The van der Waals surface area contributed by atoms with Gasteiger partial charge in [-0.2, -0.15) is 5.26 Å². The Kier molecular flexibility index (Phi) is 5.06. The first-order valence-corrected chi connectivity index (χ1v) is 7.14. The second-order valence-corrected chi connectivity index (χ2v) is 5.29. The van der Waals surface area contributed by atoms with Crippen LogP contribution in [0.25, 0.3) is 0 Å². The standard InChI is InChI=1S/C14H19N5O2/c1-11(18-5-3-2-4-6-18)9-16-14-12(8-15)7-13(10-17-14)19(20)21/h7,10-11H,2-6,9H2,1H3,(H,16,17). The molecule has 0 saturated carbocycles. The number of pyridine rings is 1. The highest BCUT2D eigenvalue weighted by atomic mass is 16.6. The molecule has 112 valence electrons. The molecule has 1 fully saturated rings. The molecule has 7 nitrogen and oxygen atoms in total. The van der Waals surface area contributed by atoms with Gasteiger partial charge in [0.1, 0.15) is 23.6 Å². The van der Waals surface area contributed by atoms with Crippen LogP contribution in [-0.4, -0.2) is 40.5 Å². The smallest absolute Gasteiger partial charge is 0.289 e. The Labute approximate surface area is 123 Å². The van der Waals surface area contributed by atoms with Crippen LogP contribution in [0.4, 0.5) is 11.5 Å². The normalized spacial score (nSPS) is 17.0. The van der Waals surface area contributed by atoms with E-state index in [-0.39, 0.29) is 11.3 Å². The van der Waals surface area contributed by atoms with E-state index < -0.39 is 4.92 Å². The first-order valence-electron chi connectivity index (χ1n) is 7.14. The largest absolute Gasteiger partial charge is 0.367 e. The molecule has 0 radical (unpaired) electrons.